The van der Waals surface area contributed by atoms with Gasteiger partial charge in [-0.25, -0.2) is 4.98 Å². The van der Waals surface area contributed by atoms with Crippen molar-refractivity contribution in [1.82, 2.24) is 9.88 Å². The minimum atomic E-state index is -0.485. The van der Waals surface area contributed by atoms with E-state index in [0.717, 1.165) is 23.8 Å². The highest BCUT2D eigenvalue weighted by molar-refractivity contribution is 5.17. The van der Waals surface area contributed by atoms with Crippen molar-refractivity contribution in [2.45, 2.75) is 32.0 Å². The third kappa shape index (κ3) is 3.74. The topological polar surface area (TPSA) is 58.7 Å². The number of nitrogens with zero attached hydrogens (tertiary/aromatic N) is 2. The van der Waals surface area contributed by atoms with Gasteiger partial charge in [0.05, 0.1) is 32.1 Å². The second kappa shape index (κ2) is 7.05. The molecule has 5 nitrogen and oxygen atoms in total. The Morgan fingerprint density at radius 3 is 2.91 bits per heavy atom. The molecule has 0 saturated carbocycles. The minimum Gasteiger partial charge on any atom is -0.445 e. The summed E-state index contributed by atoms with van der Waals surface area (Å²) in [6.07, 6.45) is 1.90. The number of rotatable bonds is 5. The minimum absolute atomic E-state index is 0.163. The summed E-state index contributed by atoms with van der Waals surface area (Å²) < 4.78 is 11.2. The van der Waals surface area contributed by atoms with Crippen molar-refractivity contribution in [3.8, 4) is 0 Å². The molecule has 3 rings (SSSR count). The van der Waals surface area contributed by atoms with Crippen LogP contribution < -0.4 is 0 Å². The highest BCUT2D eigenvalue weighted by atomic mass is 16.5. The lowest BCUT2D eigenvalue weighted by molar-refractivity contribution is -0.0330. The van der Waals surface area contributed by atoms with E-state index in [-0.39, 0.29) is 6.04 Å². The second-order valence-electron chi connectivity index (χ2n) is 5.73. The molecule has 0 spiro atoms. The summed E-state index contributed by atoms with van der Waals surface area (Å²) in [5, 5.41) is 10.4. The molecule has 2 heterocycles. The number of benzene rings is 1. The predicted octanol–water partition coefficient (Wildman–Crippen LogP) is 2.31. The maximum atomic E-state index is 10.4. The third-order valence-electron chi connectivity index (χ3n) is 4.04. The molecule has 1 aromatic carbocycles. The van der Waals surface area contributed by atoms with Crippen LogP contribution in [0.4, 0.5) is 0 Å². The normalized spacial score (nSPS) is 20.9. The summed E-state index contributed by atoms with van der Waals surface area (Å²) in [4.78, 5) is 6.55. The van der Waals surface area contributed by atoms with Crippen molar-refractivity contribution < 1.29 is 14.3 Å². The van der Waals surface area contributed by atoms with Gasteiger partial charge in [0.25, 0.3) is 0 Å². The number of morpholine rings is 1. The summed E-state index contributed by atoms with van der Waals surface area (Å²) in [7, 11) is 0. The average molecular weight is 302 g/mol. The zero-order valence-corrected chi connectivity index (χ0v) is 12.8. The largest absolute Gasteiger partial charge is 0.445 e. The van der Waals surface area contributed by atoms with Gasteiger partial charge in [0.1, 0.15) is 5.76 Å². The Kier molecular flexibility index (Phi) is 4.87. The van der Waals surface area contributed by atoms with Crippen LogP contribution in [0.15, 0.2) is 40.9 Å². The molecule has 1 aromatic heterocycles. The highest BCUT2D eigenvalue weighted by Gasteiger charge is 2.27. The highest BCUT2D eigenvalue weighted by Crippen LogP contribution is 2.23. The van der Waals surface area contributed by atoms with Gasteiger partial charge < -0.3 is 14.3 Å². The Bertz CT molecular complexity index is 585. The van der Waals surface area contributed by atoms with Gasteiger partial charge in [0.2, 0.25) is 5.89 Å². The van der Waals surface area contributed by atoms with E-state index in [4.69, 9.17) is 9.15 Å². The molecule has 5 heteroatoms. The molecule has 22 heavy (non-hydrogen) atoms. The van der Waals surface area contributed by atoms with Crippen LogP contribution in [0.25, 0.3) is 0 Å². The SMILES string of the molecule is Cc1cnc(CN2CCOCC2CC(O)c2ccccc2)o1. The number of hydrogen-bond donors (Lipinski definition) is 1. The molecule has 0 amide bonds. The standard InChI is InChI=1S/C17H22N2O3/c1-13-10-18-17(22-13)11-19-7-8-21-12-15(19)9-16(20)14-5-3-2-4-6-14/h2-6,10,15-16,20H,7-9,11-12H2,1H3. The van der Waals surface area contributed by atoms with Gasteiger partial charge in [-0.05, 0) is 18.9 Å². The summed E-state index contributed by atoms with van der Waals surface area (Å²) in [6.45, 7) is 4.71. The van der Waals surface area contributed by atoms with E-state index in [1.807, 2.05) is 37.3 Å². The van der Waals surface area contributed by atoms with Gasteiger partial charge in [-0.3, -0.25) is 4.90 Å². The number of aliphatic hydroxyl groups is 1. The Labute approximate surface area is 130 Å². The molecular formula is C17H22N2O3. The molecule has 1 N–H and O–H groups in total. The van der Waals surface area contributed by atoms with Crippen molar-refractivity contribution in [1.29, 1.82) is 0 Å². The van der Waals surface area contributed by atoms with Crippen molar-refractivity contribution in [3.05, 3.63) is 53.7 Å². The molecule has 2 unspecified atom stereocenters. The van der Waals surface area contributed by atoms with Crippen LogP contribution in [-0.2, 0) is 11.3 Å². The maximum absolute atomic E-state index is 10.4. The van der Waals surface area contributed by atoms with Crippen LogP contribution in [0.1, 0.15) is 29.7 Å². The number of hydrogen-bond acceptors (Lipinski definition) is 5. The van der Waals surface area contributed by atoms with E-state index < -0.39 is 6.10 Å². The molecule has 2 atom stereocenters. The van der Waals surface area contributed by atoms with E-state index in [1.165, 1.54) is 0 Å². The van der Waals surface area contributed by atoms with E-state index in [1.54, 1.807) is 6.20 Å². The number of oxazole rings is 1. The lowest BCUT2D eigenvalue weighted by Gasteiger charge is -2.35. The summed E-state index contributed by atoms with van der Waals surface area (Å²) in [5.41, 5.74) is 0.944. The fraction of sp³-hybridized carbons (Fsp3) is 0.471. The van der Waals surface area contributed by atoms with Gasteiger partial charge in [-0.1, -0.05) is 30.3 Å². The molecular weight excluding hydrogens is 280 g/mol. The van der Waals surface area contributed by atoms with Crippen LogP contribution >= 0.6 is 0 Å². The number of ether oxygens (including phenoxy) is 1. The Morgan fingerprint density at radius 2 is 2.18 bits per heavy atom. The summed E-state index contributed by atoms with van der Waals surface area (Å²) in [5.74, 6) is 1.54. The Balaban J connectivity index is 1.64. The first kappa shape index (κ1) is 15.2. The van der Waals surface area contributed by atoms with Crippen molar-refractivity contribution in [2.75, 3.05) is 19.8 Å². The fourth-order valence-corrected chi connectivity index (χ4v) is 2.83. The van der Waals surface area contributed by atoms with Crippen molar-refractivity contribution in [2.24, 2.45) is 0 Å². The smallest absolute Gasteiger partial charge is 0.208 e. The average Bonchev–Trinajstić information content (AvgIpc) is 2.95. The lowest BCUT2D eigenvalue weighted by atomic mass is 10.0. The zero-order valence-electron chi connectivity index (χ0n) is 12.8. The van der Waals surface area contributed by atoms with Crippen molar-refractivity contribution in [3.63, 3.8) is 0 Å². The number of aliphatic hydroxyl groups excluding tert-OH is 1. The van der Waals surface area contributed by atoms with Crippen LogP contribution in [-0.4, -0.2) is 40.8 Å². The van der Waals surface area contributed by atoms with Crippen LogP contribution in [0, 0.1) is 6.92 Å². The van der Waals surface area contributed by atoms with Crippen molar-refractivity contribution >= 4 is 0 Å². The predicted molar refractivity (Wildman–Crippen MR) is 82.3 cm³/mol. The fourth-order valence-electron chi connectivity index (χ4n) is 2.83. The van der Waals surface area contributed by atoms with E-state index in [2.05, 4.69) is 9.88 Å². The first-order valence-electron chi connectivity index (χ1n) is 7.68. The molecule has 2 aromatic rings. The van der Waals surface area contributed by atoms with Crippen LogP contribution in [0.5, 0.6) is 0 Å². The lowest BCUT2D eigenvalue weighted by Crippen LogP contribution is -2.45. The monoisotopic (exact) mass is 302 g/mol. The zero-order chi connectivity index (χ0) is 15.4. The quantitative estimate of drug-likeness (QED) is 0.918. The Hall–Kier alpha value is -1.69. The molecule has 0 radical (unpaired) electrons. The van der Waals surface area contributed by atoms with Gasteiger partial charge in [0, 0.05) is 12.6 Å². The molecule has 1 aliphatic rings. The summed E-state index contributed by atoms with van der Waals surface area (Å²) >= 11 is 0. The number of aromatic nitrogens is 1. The second-order valence-corrected chi connectivity index (χ2v) is 5.73. The molecule has 1 saturated heterocycles. The molecule has 1 aliphatic heterocycles. The first-order chi connectivity index (χ1) is 10.7. The molecule has 0 bridgehead atoms. The third-order valence-corrected chi connectivity index (χ3v) is 4.04. The summed E-state index contributed by atoms with van der Waals surface area (Å²) in [6, 6.07) is 9.92. The van der Waals surface area contributed by atoms with E-state index >= 15 is 0 Å². The van der Waals surface area contributed by atoms with Crippen LogP contribution in [0.2, 0.25) is 0 Å². The van der Waals surface area contributed by atoms with E-state index in [0.29, 0.717) is 26.2 Å². The molecule has 1 fully saturated rings. The van der Waals surface area contributed by atoms with Crippen LogP contribution in [0.3, 0.4) is 0 Å². The first-order valence-corrected chi connectivity index (χ1v) is 7.68. The van der Waals surface area contributed by atoms with Gasteiger partial charge in [-0.15, -0.1) is 0 Å². The molecule has 118 valence electrons. The number of aryl methyl sites for hydroxylation is 1. The Morgan fingerprint density at radius 1 is 1.36 bits per heavy atom. The van der Waals surface area contributed by atoms with E-state index in [9.17, 15) is 5.11 Å². The maximum Gasteiger partial charge on any atom is 0.208 e. The van der Waals surface area contributed by atoms with Gasteiger partial charge in [-0.2, -0.15) is 0 Å². The van der Waals surface area contributed by atoms with Gasteiger partial charge in [0.15, 0.2) is 0 Å². The molecule has 0 aliphatic carbocycles. The van der Waals surface area contributed by atoms with Gasteiger partial charge >= 0.3 is 0 Å².